The molecule has 1 saturated heterocycles. The number of likely N-dealkylation sites (tertiary alicyclic amines) is 1. The van der Waals surface area contributed by atoms with Crippen LogP contribution in [0.15, 0.2) is 18.2 Å². The van der Waals surface area contributed by atoms with Crippen molar-refractivity contribution in [3.05, 3.63) is 29.3 Å². The molecule has 0 saturated carbocycles. The van der Waals surface area contributed by atoms with E-state index in [1.807, 2.05) is 11.9 Å². The van der Waals surface area contributed by atoms with E-state index in [1.165, 1.54) is 0 Å². The number of hydrogen-bond acceptors (Lipinski definition) is 6. The Morgan fingerprint density at radius 3 is 2.27 bits per heavy atom. The van der Waals surface area contributed by atoms with Gasteiger partial charge in [-0.25, -0.2) is 0 Å². The van der Waals surface area contributed by atoms with E-state index < -0.39 is 40.5 Å². The Morgan fingerprint density at radius 2 is 1.67 bits per heavy atom. The highest BCUT2D eigenvalue weighted by atomic mass is 19.4. The molecule has 164 valence electrons. The smallest absolute Gasteiger partial charge is 0.397 e. The lowest BCUT2D eigenvalue weighted by molar-refractivity contribution is -0.138. The Bertz CT molecular complexity index is 927. The molecule has 1 aliphatic heterocycles. The summed E-state index contributed by atoms with van der Waals surface area (Å²) in [5.41, 5.74) is 6.13. The number of piperidine rings is 1. The van der Waals surface area contributed by atoms with Gasteiger partial charge < -0.3 is 21.7 Å². The predicted octanol–water partition coefficient (Wildman–Crippen LogP) is 3.85. The quantitative estimate of drug-likeness (QED) is 0.502. The number of hydrogen-bond donors (Lipinski definition) is 3. The lowest BCUT2D eigenvalue weighted by Crippen LogP contribution is -2.40. The van der Waals surface area contributed by atoms with E-state index in [0.29, 0.717) is 12.6 Å². The van der Waals surface area contributed by atoms with Crippen LogP contribution < -0.4 is 16.8 Å². The number of nitrogens with zero attached hydrogens (tertiary/aromatic N) is 3. The third kappa shape index (κ3) is 4.53. The Balaban J connectivity index is 2.02. The molecule has 5 N–H and O–H groups in total. The molecule has 3 rings (SSSR count). The van der Waals surface area contributed by atoms with Crippen molar-refractivity contribution < 1.29 is 26.3 Å². The number of halogens is 6. The summed E-state index contributed by atoms with van der Waals surface area (Å²) in [5.74, 6) is -0.0789. The summed E-state index contributed by atoms with van der Waals surface area (Å²) in [6.07, 6.45) is -7.99. The summed E-state index contributed by atoms with van der Waals surface area (Å²) < 4.78 is 80.0. The minimum atomic E-state index is -4.84. The largest absolute Gasteiger partial charge is 0.418 e. The van der Waals surface area contributed by atoms with Crippen LogP contribution in [0.2, 0.25) is 0 Å². The van der Waals surface area contributed by atoms with Crippen molar-refractivity contribution in [1.82, 2.24) is 15.1 Å². The molecule has 0 unspecified atom stereocenters. The van der Waals surface area contributed by atoms with E-state index in [9.17, 15) is 26.3 Å². The number of likely N-dealkylation sites (N-methyl/N-ethyl adjacent to an activating group) is 1. The molecule has 6 nitrogen and oxygen atoms in total. The van der Waals surface area contributed by atoms with Crippen molar-refractivity contribution in [3.8, 4) is 11.3 Å². The zero-order valence-electron chi connectivity index (χ0n) is 15.9. The molecule has 2 aromatic rings. The van der Waals surface area contributed by atoms with Gasteiger partial charge in [0.15, 0.2) is 0 Å². The number of anilines is 3. The fourth-order valence-electron chi connectivity index (χ4n) is 3.46. The van der Waals surface area contributed by atoms with Crippen LogP contribution in [0.3, 0.4) is 0 Å². The summed E-state index contributed by atoms with van der Waals surface area (Å²) in [5, 5.41) is 10.4. The second kappa shape index (κ2) is 7.82. The van der Waals surface area contributed by atoms with Crippen molar-refractivity contribution in [2.45, 2.75) is 31.2 Å². The van der Waals surface area contributed by atoms with Crippen LogP contribution in [0.5, 0.6) is 0 Å². The fourth-order valence-corrected chi connectivity index (χ4v) is 3.46. The SMILES string of the molecule is CN1CCC[C@H](Nc2cc(C(F)(F)F)c(-c3ccc(C(F)(F)F)c(N)c3N)nn2)C1. The lowest BCUT2D eigenvalue weighted by atomic mass is 10.00. The molecule has 1 aliphatic rings. The van der Waals surface area contributed by atoms with E-state index in [4.69, 9.17) is 11.5 Å². The molecular weight excluding hydrogens is 414 g/mol. The first-order chi connectivity index (χ1) is 13.9. The first-order valence-electron chi connectivity index (χ1n) is 9.03. The molecule has 30 heavy (non-hydrogen) atoms. The van der Waals surface area contributed by atoms with Gasteiger partial charge in [0, 0.05) is 18.2 Å². The zero-order chi connectivity index (χ0) is 22.3. The standard InChI is InChI=1S/C18H20F6N6/c1-30-6-2-3-9(8-30)27-13-7-12(18(22,23)24)16(29-28-13)10-4-5-11(17(19,20)21)15(26)14(10)25/h4-5,7,9H,2-3,6,8,25-26H2,1H3,(H,27,28)/t9-/m0/s1. The van der Waals surface area contributed by atoms with Gasteiger partial charge in [-0.15, -0.1) is 10.2 Å². The van der Waals surface area contributed by atoms with Crippen molar-refractivity contribution in [3.63, 3.8) is 0 Å². The molecule has 0 aliphatic carbocycles. The first kappa shape index (κ1) is 21.9. The number of aromatic nitrogens is 2. The minimum Gasteiger partial charge on any atom is -0.397 e. The van der Waals surface area contributed by atoms with E-state index in [-0.39, 0.29) is 17.4 Å². The molecule has 1 aromatic carbocycles. The molecule has 1 atom stereocenters. The number of nitrogens with two attached hydrogens (primary N) is 2. The summed E-state index contributed by atoms with van der Waals surface area (Å²) in [7, 11) is 1.90. The van der Waals surface area contributed by atoms with Gasteiger partial charge in [0.2, 0.25) is 0 Å². The Labute approximate surface area is 168 Å². The summed E-state index contributed by atoms with van der Waals surface area (Å²) >= 11 is 0. The topological polar surface area (TPSA) is 93.1 Å². The van der Waals surface area contributed by atoms with Gasteiger partial charge in [-0.2, -0.15) is 26.3 Å². The molecule has 2 heterocycles. The van der Waals surface area contributed by atoms with E-state index in [0.717, 1.165) is 31.5 Å². The number of nitrogens with one attached hydrogen (secondary N) is 1. The van der Waals surface area contributed by atoms with E-state index >= 15 is 0 Å². The number of nitrogen functional groups attached to an aromatic ring is 2. The van der Waals surface area contributed by atoms with Gasteiger partial charge in [0.25, 0.3) is 0 Å². The normalized spacial score (nSPS) is 18.4. The minimum absolute atomic E-state index is 0.0789. The van der Waals surface area contributed by atoms with Crippen LogP contribution in [0.1, 0.15) is 24.0 Å². The Kier molecular flexibility index (Phi) is 5.72. The Morgan fingerprint density at radius 1 is 1.00 bits per heavy atom. The third-order valence-electron chi connectivity index (χ3n) is 4.92. The maximum absolute atomic E-state index is 13.7. The molecule has 0 amide bonds. The van der Waals surface area contributed by atoms with Crippen LogP contribution in [0.4, 0.5) is 43.5 Å². The highest BCUT2D eigenvalue weighted by Crippen LogP contribution is 2.43. The lowest BCUT2D eigenvalue weighted by Gasteiger charge is -2.30. The zero-order valence-corrected chi connectivity index (χ0v) is 15.9. The van der Waals surface area contributed by atoms with Crippen LogP contribution in [0, 0.1) is 0 Å². The monoisotopic (exact) mass is 434 g/mol. The molecule has 1 aromatic heterocycles. The van der Waals surface area contributed by atoms with Crippen molar-refractivity contribution >= 4 is 17.2 Å². The maximum Gasteiger partial charge on any atom is 0.418 e. The molecule has 0 bridgehead atoms. The number of benzene rings is 1. The molecule has 0 radical (unpaired) electrons. The van der Waals surface area contributed by atoms with Gasteiger partial charge in [-0.05, 0) is 44.6 Å². The van der Waals surface area contributed by atoms with Gasteiger partial charge in [0.05, 0.1) is 22.5 Å². The number of alkyl halides is 6. The molecule has 12 heteroatoms. The average Bonchev–Trinajstić information content (AvgIpc) is 2.62. The van der Waals surface area contributed by atoms with Gasteiger partial charge in [0.1, 0.15) is 11.5 Å². The molecule has 0 spiro atoms. The summed E-state index contributed by atoms with van der Waals surface area (Å²) in [6, 6.07) is 2.07. The van der Waals surface area contributed by atoms with Crippen LogP contribution in [0.25, 0.3) is 11.3 Å². The van der Waals surface area contributed by atoms with Gasteiger partial charge in [-0.3, -0.25) is 0 Å². The van der Waals surface area contributed by atoms with Crippen molar-refractivity contribution in [2.24, 2.45) is 0 Å². The average molecular weight is 434 g/mol. The van der Waals surface area contributed by atoms with Gasteiger partial charge >= 0.3 is 12.4 Å². The van der Waals surface area contributed by atoms with E-state index in [2.05, 4.69) is 15.5 Å². The van der Waals surface area contributed by atoms with Gasteiger partial charge in [-0.1, -0.05) is 0 Å². The maximum atomic E-state index is 13.7. The highest BCUT2D eigenvalue weighted by Gasteiger charge is 2.38. The second-order valence-electron chi connectivity index (χ2n) is 7.22. The predicted molar refractivity (Wildman–Crippen MR) is 100 cm³/mol. The van der Waals surface area contributed by atoms with Crippen LogP contribution in [-0.4, -0.2) is 41.3 Å². The summed E-state index contributed by atoms with van der Waals surface area (Å²) in [6.45, 7) is 1.53. The Hall–Kier alpha value is -2.76. The molecule has 1 fully saturated rings. The first-order valence-corrected chi connectivity index (χ1v) is 9.03. The number of rotatable bonds is 3. The second-order valence-corrected chi connectivity index (χ2v) is 7.22. The van der Waals surface area contributed by atoms with E-state index in [1.54, 1.807) is 0 Å². The third-order valence-corrected chi connectivity index (χ3v) is 4.92. The highest BCUT2D eigenvalue weighted by molar-refractivity contribution is 5.86. The van der Waals surface area contributed by atoms with Crippen LogP contribution >= 0.6 is 0 Å². The van der Waals surface area contributed by atoms with Crippen molar-refractivity contribution in [2.75, 3.05) is 36.9 Å². The molecular formula is C18H20F6N6. The van der Waals surface area contributed by atoms with Crippen LogP contribution in [-0.2, 0) is 12.4 Å². The summed E-state index contributed by atoms with van der Waals surface area (Å²) in [4.78, 5) is 2.04. The van der Waals surface area contributed by atoms with Crippen molar-refractivity contribution in [1.29, 1.82) is 0 Å². The fraction of sp³-hybridized carbons (Fsp3) is 0.444.